The van der Waals surface area contributed by atoms with E-state index < -0.39 is 52.3 Å². The fraction of sp³-hybridized carbons (Fsp3) is 0.406. The number of hydrogen-bond acceptors (Lipinski definition) is 7. The number of nitrogens with two attached hydrogens (primary N) is 1. The summed E-state index contributed by atoms with van der Waals surface area (Å²) in [6.07, 6.45) is 0.102. The Balaban J connectivity index is 1.77. The summed E-state index contributed by atoms with van der Waals surface area (Å²) in [4.78, 5) is 38.6. The molecule has 3 N–H and O–H groups in total. The van der Waals surface area contributed by atoms with Crippen LogP contribution < -0.4 is 16.6 Å². The first kappa shape index (κ1) is 32.6. The van der Waals surface area contributed by atoms with Crippen LogP contribution in [0.15, 0.2) is 59.4 Å². The molecular formula is C32H39F2N3O5. The lowest BCUT2D eigenvalue weighted by Crippen LogP contribution is -2.51. The van der Waals surface area contributed by atoms with Crippen molar-refractivity contribution in [2.75, 3.05) is 12.3 Å². The summed E-state index contributed by atoms with van der Waals surface area (Å²) in [6, 6.07) is 11.3. The predicted molar refractivity (Wildman–Crippen MR) is 158 cm³/mol. The number of nitrogens with zero attached hydrogens (tertiary/aromatic N) is 1. The monoisotopic (exact) mass is 583 g/mol. The van der Waals surface area contributed by atoms with Gasteiger partial charge >= 0.3 is 5.97 Å². The number of aromatic nitrogens is 1. The number of anilines is 1. The minimum atomic E-state index is -1.02. The molecule has 0 aliphatic heterocycles. The average molecular weight is 584 g/mol. The molecule has 226 valence electrons. The first-order valence-corrected chi connectivity index (χ1v) is 13.7. The minimum absolute atomic E-state index is 0.0897. The van der Waals surface area contributed by atoms with E-state index in [0.29, 0.717) is 24.7 Å². The van der Waals surface area contributed by atoms with E-state index in [1.807, 2.05) is 48.5 Å². The number of carbonyl (C=O) groups excluding carboxylic acids is 2. The maximum absolute atomic E-state index is 14.2. The van der Waals surface area contributed by atoms with Gasteiger partial charge in [0.05, 0.1) is 28.5 Å². The van der Waals surface area contributed by atoms with Gasteiger partial charge in [-0.15, -0.1) is 0 Å². The quantitative estimate of drug-likeness (QED) is 0.256. The maximum Gasteiger partial charge on any atom is 0.326 e. The molecule has 0 aliphatic rings. The number of ketones is 1. The fourth-order valence-electron chi connectivity index (χ4n) is 4.45. The second-order valence-electron chi connectivity index (χ2n) is 12.1. The summed E-state index contributed by atoms with van der Waals surface area (Å²) in [5.41, 5.74) is 5.49. The van der Waals surface area contributed by atoms with Gasteiger partial charge in [-0.1, -0.05) is 12.1 Å². The number of nitrogens with one attached hydrogen (secondary N) is 1. The lowest BCUT2D eigenvalue weighted by molar-refractivity contribution is -0.164. The highest BCUT2D eigenvalue weighted by molar-refractivity contribution is 6.11. The number of halogens is 2. The first-order valence-electron chi connectivity index (χ1n) is 13.7. The predicted octanol–water partition coefficient (Wildman–Crippen LogP) is 4.97. The molecule has 1 aromatic heterocycles. The van der Waals surface area contributed by atoms with Crippen molar-refractivity contribution >= 4 is 17.6 Å². The van der Waals surface area contributed by atoms with E-state index in [-0.39, 0.29) is 16.9 Å². The third kappa shape index (κ3) is 8.56. The van der Waals surface area contributed by atoms with Gasteiger partial charge in [0, 0.05) is 18.7 Å². The second-order valence-corrected chi connectivity index (χ2v) is 12.1. The Labute approximate surface area is 244 Å². The molecule has 0 saturated carbocycles. The van der Waals surface area contributed by atoms with Crippen molar-refractivity contribution in [1.82, 2.24) is 9.88 Å². The van der Waals surface area contributed by atoms with Crippen LogP contribution in [0.2, 0.25) is 0 Å². The van der Waals surface area contributed by atoms with Crippen LogP contribution >= 0.6 is 0 Å². The highest BCUT2D eigenvalue weighted by Crippen LogP contribution is 2.22. The van der Waals surface area contributed by atoms with E-state index in [1.54, 1.807) is 24.3 Å². The minimum Gasteiger partial charge on any atom is -0.459 e. The van der Waals surface area contributed by atoms with E-state index in [4.69, 9.17) is 15.2 Å². The van der Waals surface area contributed by atoms with Crippen molar-refractivity contribution in [3.05, 3.63) is 93.3 Å². The summed E-state index contributed by atoms with van der Waals surface area (Å²) in [5.74, 6) is -3.18. The zero-order valence-electron chi connectivity index (χ0n) is 25.1. The Bertz CT molecular complexity index is 1490. The molecule has 0 unspecified atom stereocenters. The first-order chi connectivity index (χ1) is 19.5. The van der Waals surface area contributed by atoms with E-state index in [2.05, 4.69) is 5.32 Å². The lowest BCUT2D eigenvalue weighted by Gasteiger charge is -2.32. The molecule has 0 amide bonds. The molecule has 8 nitrogen and oxygen atoms in total. The molecule has 0 spiro atoms. The third-order valence-corrected chi connectivity index (χ3v) is 6.19. The van der Waals surface area contributed by atoms with Crippen molar-refractivity contribution in [2.45, 2.75) is 78.2 Å². The number of nitrogen functional groups attached to an aromatic ring is 1. The fourth-order valence-corrected chi connectivity index (χ4v) is 4.45. The Morgan fingerprint density at radius 3 is 2.12 bits per heavy atom. The van der Waals surface area contributed by atoms with Gasteiger partial charge in [0.15, 0.2) is 5.78 Å². The van der Waals surface area contributed by atoms with Gasteiger partial charge in [-0.2, -0.15) is 0 Å². The number of pyridine rings is 1. The van der Waals surface area contributed by atoms with E-state index >= 15 is 0 Å². The van der Waals surface area contributed by atoms with Crippen molar-refractivity contribution in [2.24, 2.45) is 0 Å². The number of hydrogen-bond donors (Lipinski definition) is 2. The van der Waals surface area contributed by atoms with Crippen LogP contribution in [-0.2, 0) is 20.7 Å². The normalized spacial score (nSPS) is 13.5. The van der Waals surface area contributed by atoms with Gasteiger partial charge in [0.1, 0.15) is 29.1 Å². The summed E-state index contributed by atoms with van der Waals surface area (Å²) in [6.45, 7) is 13.5. The molecule has 0 bridgehead atoms. The van der Waals surface area contributed by atoms with Crippen LogP contribution in [0.1, 0.15) is 70.0 Å². The molecule has 10 heteroatoms. The van der Waals surface area contributed by atoms with Gasteiger partial charge < -0.3 is 20.5 Å². The van der Waals surface area contributed by atoms with Crippen molar-refractivity contribution < 1.29 is 27.8 Å². The zero-order chi connectivity index (χ0) is 31.4. The van der Waals surface area contributed by atoms with Gasteiger partial charge in [0.2, 0.25) is 0 Å². The van der Waals surface area contributed by atoms with Crippen LogP contribution in [-0.4, -0.2) is 46.2 Å². The summed E-state index contributed by atoms with van der Waals surface area (Å²) in [5, 5.41) is 3.25. The molecule has 3 rings (SSSR count). The maximum atomic E-state index is 14.2. The number of carbonyl (C=O) groups is 2. The number of ether oxygens (including phenoxy) is 2. The van der Waals surface area contributed by atoms with Gasteiger partial charge in [0.25, 0.3) is 5.56 Å². The topological polar surface area (TPSA) is 113 Å². The average Bonchev–Trinajstić information content (AvgIpc) is 2.85. The standard InChI is InChI=1S/C32H39F2N3O5/c1-19(41-31(2,3)4)27(30(40)42-32(5,6)7)36-17-16-20-8-11-22(12-9-20)37-26(38)15-14-24(29(37)35)28(39)23-13-10-21(33)18-25(23)34/h8-15,18-19,27,36H,16-17,35H2,1-7H3/t19-,27+/m1/s1. The molecule has 1 heterocycles. The summed E-state index contributed by atoms with van der Waals surface area (Å²) >= 11 is 0. The summed E-state index contributed by atoms with van der Waals surface area (Å²) in [7, 11) is 0. The van der Waals surface area contributed by atoms with E-state index in [0.717, 1.165) is 22.3 Å². The van der Waals surface area contributed by atoms with Gasteiger partial charge in [-0.05, 0) is 90.8 Å². The molecule has 3 aromatic rings. The highest BCUT2D eigenvalue weighted by Gasteiger charge is 2.32. The SMILES string of the molecule is C[C@@H](OC(C)(C)C)[C@H](NCCc1ccc(-n2c(N)c(C(=O)c3ccc(F)cc3F)ccc2=O)cc1)C(=O)OC(C)(C)C. The van der Waals surface area contributed by atoms with Crippen molar-refractivity contribution in [3.8, 4) is 5.69 Å². The Morgan fingerprint density at radius 2 is 1.55 bits per heavy atom. The molecule has 0 saturated heterocycles. The van der Waals surface area contributed by atoms with Crippen molar-refractivity contribution in [1.29, 1.82) is 0 Å². The Kier molecular flexibility index (Phi) is 10.1. The largest absolute Gasteiger partial charge is 0.459 e. The third-order valence-electron chi connectivity index (χ3n) is 6.19. The molecule has 42 heavy (non-hydrogen) atoms. The molecule has 0 aliphatic carbocycles. The van der Waals surface area contributed by atoms with Gasteiger partial charge in [-0.3, -0.25) is 19.0 Å². The highest BCUT2D eigenvalue weighted by atomic mass is 19.1. The number of rotatable bonds is 10. The molecule has 0 fully saturated rings. The molecule has 2 atom stereocenters. The van der Waals surface area contributed by atoms with Crippen LogP contribution in [0, 0.1) is 11.6 Å². The second kappa shape index (κ2) is 13.0. The Morgan fingerprint density at radius 1 is 0.929 bits per heavy atom. The van der Waals surface area contributed by atoms with Crippen LogP contribution in [0.4, 0.5) is 14.6 Å². The molecule has 0 radical (unpaired) electrons. The van der Waals surface area contributed by atoms with Crippen LogP contribution in [0.25, 0.3) is 5.69 Å². The van der Waals surface area contributed by atoms with Crippen LogP contribution in [0.3, 0.4) is 0 Å². The van der Waals surface area contributed by atoms with E-state index in [9.17, 15) is 23.2 Å². The lowest BCUT2D eigenvalue weighted by atomic mass is 10.0. The number of benzene rings is 2. The summed E-state index contributed by atoms with van der Waals surface area (Å²) < 4.78 is 40.3. The van der Waals surface area contributed by atoms with E-state index in [1.165, 1.54) is 12.1 Å². The smallest absolute Gasteiger partial charge is 0.326 e. The van der Waals surface area contributed by atoms with Gasteiger partial charge in [-0.25, -0.2) is 8.78 Å². The van der Waals surface area contributed by atoms with Crippen molar-refractivity contribution in [3.63, 3.8) is 0 Å². The van der Waals surface area contributed by atoms with Crippen LogP contribution in [0.5, 0.6) is 0 Å². The number of esters is 1. The molecule has 2 aromatic carbocycles. The zero-order valence-corrected chi connectivity index (χ0v) is 25.1. The Hall–Kier alpha value is -3.89. The molecular weight excluding hydrogens is 544 g/mol.